The molecule has 0 aliphatic rings. The molecule has 3 nitrogen and oxygen atoms in total. The first-order chi connectivity index (χ1) is 10.2. The number of aliphatic hydroxyl groups excluding tert-OH is 1. The van der Waals surface area contributed by atoms with Gasteiger partial charge in [-0.05, 0) is 12.1 Å². The summed E-state index contributed by atoms with van der Waals surface area (Å²) in [6.45, 7) is 3.90. The van der Waals surface area contributed by atoms with Gasteiger partial charge in [-0.2, -0.15) is 0 Å². The van der Waals surface area contributed by atoms with Crippen LogP contribution in [0.5, 0.6) is 0 Å². The predicted molar refractivity (Wildman–Crippen MR) is 84.2 cm³/mol. The van der Waals surface area contributed by atoms with Crippen LogP contribution in [-0.2, 0) is 6.54 Å². The third-order valence-electron chi connectivity index (χ3n) is 3.49. The molecule has 0 aliphatic carbocycles. The van der Waals surface area contributed by atoms with Crippen molar-refractivity contribution >= 4 is 5.78 Å². The summed E-state index contributed by atoms with van der Waals surface area (Å²) in [5, 5.41) is 10.2. The highest BCUT2D eigenvalue weighted by atomic mass is 16.3. The van der Waals surface area contributed by atoms with Gasteiger partial charge in [0, 0.05) is 18.7 Å². The van der Waals surface area contributed by atoms with Gasteiger partial charge in [0.25, 0.3) is 0 Å². The van der Waals surface area contributed by atoms with Crippen LogP contribution in [0.3, 0.4) is 0 Å². The molecule has 3 heteroatoms. The van der Waals surface area contributed by atoms with Crippen molar-refractivity contribution in [3.63, 3.8) is 0 Å². The lowest BCUT2D eigenvalue weighted by molar-refractivity contribution is 0.0640. The van der Waals surface area contributed by atoms with Crippen LogP contribution in [-0.4, -0.2) is 35.0 Å². The van der Waals surface area contributed by atoms with Gasteiger partial charge in [0.15, 0.2) is 5.78 Å². The van der Waals surface area contributed by atoms with Crippen molar-refractivity contribution in [2.45, 2.75) is 19.6 Å². The molecule has 0 aromatic heterocycles. The second-order valence-electron chi connectivity index (χ2n) is 5.06. The minimum atomic E-state index is -0.990. The van der Waals surface area contributed by atoms with Gasteiger partial charge in [-0.15, -0.1) is 0 Å². The second-order valence-corrected chi connectivity index (χ2v) is 5.06. The van der Waals surface area contributed by atoms with E-state index in [1.165, 1.54) is 5.56 Å². The topological polar surface area (TPSA) is 40.5 Å². The Balaban J connectivity index is 1.96. The number of carbonyl (C=O) groups is 1. The molecular weight excluding hydrogens is 262 g/mol. The molecule has 110 valence electrons. The van der Waals surface area contributed by atoms with Crippen LogP contribution >= 0.6 is 0 Å². The molecule has 0 saturated heterocycles. The lowest BCUT2D eigenvalue weighted by Gasteiger charge is -2.23. The number of nitrogens with zero attached hydrogens (tertiary/aromatic N) is 1. The van der Waals surface area contributed by atoms with E-state index in [1.807, 2.05) is 55.5 Å². The Morgan fingerprint density at radius 3 is 2.19 bits per heavy atom. The van der Waals surface area contributed by atoms with Gasteiger partial charge in [0.05, 0.1) is 0 Å². The number of rotatable bonds is 7. The predicted octanol–water partition coefficient (Wildman–Crippen LogP) is 2.75. The number of likely N-dealkylation sites (N-methyl/N-ethyl adjacent to an activating group) is 1. The molecule has 1 atom stereocenters. The molecule has 21 heavy (non-hydrogen) atoms. The zero-order valence-electron chi connectivity index (χ0n) is 12.3. The van der Waals surface area contributed by atoms with Gasteiger partial charge in [-0.3, -0.25) is 9.69 Å². The fourth-order valence-corrected chi connectivity index (χ4v) is 2.27. The maximum atomic E-state index is 12.2. The van der Waals surface area contributed by atoms with Crippen LogP contribution < -0.4 is 0 Å². The highest BCUT2D eigenvalue weighted by molar-refractivity contribution is 5.99. The van der Waals surface area contributed by atoms with Gasteiger partial charge in [-0.25, -0.2) is 0 Å². The van der Waals surface area contributed by atoms with Crippen LogP contribution in [0.4, 0.5) is 0 Å². The van der Waals surface area contributed by atoms with Gasteiger partial charge in [0.2, 0.25) is 0 Å². The van der Waals surface area contributed by atoms with Crippen LogP contribution in [0, 0.1) is 0 Å². The number of hydrogen-bond donors (Lipinski definition) is 1. The molecule has 0 aliphatic heterocycles. The maximum absolute atomic E-state index is 12.2. The first kappa shape index (κ1) is 15.4. The van der Waals surface area contributed by atoms with E-state index in [9.17, 15) is 9.90 Å². The second kappa shape index (κ2) is 7.72. The molecule has 0 heterocycles. The first-order valence-corrected chi connectivity index (χ1v) is 7.24. The Hall–Kier alpha value is -1.97. The number of benzene rings is 2. The molecule has 1 N–H and O–H groups in total. The highest BCUT2D eigenvalue weighted by Crippen LogP contribution is 2.08. The van der Waals surface area contributed by atoms with Gasteiger partial charge >= 0.3 is 0 Å². The molecular formula is C18H21NO2. The van der Waals surface area contributed by atoms with Crippen molar-refractivity contribution in [3.05, 3.63) is 71.8 Å². The summed E-state index contributed by atoms with van der Waals surface area (Å²) < 4.78 is 0. The van der Waals surface area contributed by atoms with E-state index in [0.717, 1.165) is 13.1 Å². The summed E-state index contributed by atoms with van der Waals surface area (Å²) in [4.78, 5) is 14.2. The molecule has 0 radical (unpaired) electrons. The lowest BCUT2D eigenvalue weighted by Crippen LogP contribution is -2.36. The summed E-state index contributed by atoms with van der Waals surface area (Å²) in [5.41, 5.74) is 1.74. The minimum Gasteiger partial charge on any atom is -0.384 e. The molecule has 0 unspecified atom stereocenters. The Kier molecular flexibility index (Phi) is 5.67. The van der Waals surface area contributed by atoms with E-state index in [0.29, 0.717) is 12.1 Å². The Morgan fingerprint density at radius 1 is 1.05 bits per heavy atom. The summed E-state index contributed by atoms with van der Waals surface area (Å²) >= 11 is 0. The number of carbonyl (C=O) groups excluding carboxylic acids is 1. The third kappa shape index (κ3) is 4.52. The lowest BCUT2D eigenvalue weighted by atomic mass is 10.1. The Labute approximate surface area is 125 Å². The summed E-state index contributed by atoms with van der Waals surface area (Å²) in [6.07, 6.45) is -0.990. The zero-order chi connectivity index (χ0) is 15.1. The van der Waals surface area contributed by atoms with Crippen molar-refractivity contribution in [3.8, 4) is 0 Å². The van der Waals surface area contributed by atoms with E-state index in [2.05, 4.69) is 4.90 Å². The van der Waals surface area contributed by atoms with Crippen molar-refractivity contribution in [1.29, 1.82) is 0 Å². The Morgan fingerprint density at radius 2 is 1.62 bits per heavy atom. The van der Waals surface area contributed by atoms with Crippen molar-refractivity contribution in [1.82, 2.24) is 4.90 Å². The minimum absolute atomic E-state index is 0.220. The third-order valence-corrected chi connectivity index (χ3v) is 3.49. The smallest absolute Gasteiger partial charge is 0.192 e. The normalized spacial score (nSPS) is 12.3. The van der Waals surface area contributed by atoms with E-state index in [1.54, 1.807) is 12.1 Å². The number of Topliss-reactive ketones (excluding diaryl/α,β-unsaturated/α-hetero) is 1. The molecule has 0 fully saturated rings. The van der Waals surface area contributed by atoms with Crippen molar-refractivity contribution < 1.29 is 9.90 Å². The van der Waals surface area contributed by atoms with E-state index >= 15 is 0 Å². The van der Waals surface area contributed by atoms with Gasteiger partial charge < -0.3 is 5.11 Å². The van der Waals surface area contributed by atoms with E-state index in [-0.39, 0.29) is 5.78 Å². The molecule has 0 spiro atoms. The zero-order valence-corrected chi connectivity index (χ0v) is 12.3. The quantitative estimate of drug-likeness (QED) is 0.794. The molecule has 2 aromatic carbocycles. The van der Waals surface area contributed by atoms with Crippen LogP contribution in [0.15, 0.2) is 60.7 Å². The van der Waals surface area contributed by atoms with Crippen LogP contribution in [0.2, 0.25) is 0 Å². The SMILES string of the molecule is CCN(Cc1ccccc1)C[C@H](O)C(=O)c1ccccc1. The largest absolute Gasteiger partial charge is 0.384 e. The molecule has 0 saturated carbocycles. The average molecular weight is 283 g/mol. The number of hydrogen-bond acceptors (Lipinski definition) is 3. The van der Waals surface area contributed by atoms with Crippen molar-refractivity contribution in [2.75, 3.05) is 13.1 Å². The standard InChI is InChI=1S/C18H21NO2/c1-2-19(13-15-9-5-3-6-10-15)14-17(20)18(21)16-11-7-4-8-12-16/h3-12,17,20H,2,13-14H2,1H3/t17-/m0/s1. The van der Waals surface area contributed by atoms with Crippen LogP contribution in [0.25, 0.3) is 0 Å². The van der Waals surface area contributed by atoms with E-state index < -0.39 is 6.10 Å². The number of aliphatic hydroxyl groups is 1. The monoisotopic (exact) mass is 283 g/mol. The molecule has 0 amide bonds. The fraction of sp³-hybridized carbons (Fsp3) is 0.278. The fourth-order valence-electron chi connectivity index (χ4n) is 2.27. The van der Waals surface area contributed by atoms with Crippen LogP contribution in [0.1, 0.15) is 22.8 Å². The van der Waals surface area contributed by atoms with Crippen molar-refractivity contribution in [2.24, 2.45) is 0 Å². The Bertz CT molecular complexity index is 554. The number of ketones is 1. The maximum Gasteiger partial charge on any atom is 0.192 e. The average Bonchev–Trinajstić information content (AvgIpc) is 2.55. The van der Waals surface area contributed by atoms with Gasteiger partial charge in [-0.1, -0.05) is 67.6 Å². The summed E-state index contributed by atoms with van der Waals surface area (Å²) in [6, 6.07) is 19.0. The molecule has 2 aromatic rings. The molecule has 0 bridgehead atoms. The summed E-state index contributed by atoms with van der Waals surface area (Å²) in [5.74, 6) is -0.220. The van der Waals surface area contributed by atoms with E-state index in [4.69, 9.17) is 0 Å². The first-order valence-electron chi connectivity index (χ1n) is 7.24. The molecule has 2 rings (SSSR count). The summed E-state index contributed by atoms with van der Waals surface area (Å²) in [7, 11) is 0. The van der Waals surface area contributed by atoms with Gasteiger partial charge in [0.1, 0.15) is 6.10 Å². The highest BCUT2D eigenvalue weighted by Gasteiger charge is 2.19.